The van der Waals surface area contributed by atoms with E-state index in [-0.39, 0.29) is 17.8 Å². The molecule has 1 aromatic carbocycles. The molecule has 2 aromatic rings. The van der Waals surface area contributed by atoms with Gasteiger partial charge >= 0.3 is 11.7 Å². The average molecular weight is 357 g/mol. The van der Waals surface area contributed by atoms with Gasteiger partial charge in [-0.3, -0.25) is 18.7 Å². The predicted molar refractivity (Wildman–Crippen MR) is 95.5 cm³/mol. The fourth-order valence-corrected chi connectivity index (χ4v) is 3.10. The predicted octanol–water partition coefficient (Wildman–Crippen LogP) is 0.874. The Morgan fingerprint density at radius 1 is 1.19 bits per heavy atom. The van der Waals surface area contributed by atoms with Crippen LogP contribution in [0.1, 0.15) is 23.5 Å². The van der Waals surface area contributed by atoms with E-state index in [2.05, 4.69) is 4.99 Å². The Hall–Kier alpha value is -3.16. The normalized spacial score (nSPS) is 15.8. The first-order valence-corrected chi connectivity index (χ1v) is 7.98. The first kappa shape index (κ1) is 17.7. The van der Waals surface area contributed by atoms with E-state index in [0.29, 0.717) is 11.5 Å². The van der Waals surface area contributed by atoms with Crippen molar-refractivity contribution in [2.24, 2.45) is 19.1 Å². The molecule has 8 heteroatoms. The molecule has 26 heavy (non-hydrogen) atoms. The molecule has 0 saturated carbocycles. The van der Waals surface area contributed by atoms with Gasteiger partial charge < -0.3 is 9.47 Å². The second kappa shape index (κ2) is 6.62. The highest BCUT2D eigenvalue weighted by atomic mass is 16.5. The first-order valence-electron chi connectivity index (χ1n) is 7.98. The molecular formula is C18H19N3O5. The molecule has 1 atom stereocenters. The van der Waals surface area contributed by atoms with Crippen LogP contribution in [0.2, 0.25) is 0 Å². The largest absolute Gasteiger partial charge is 0.497 e. The Morgan fingerprint density at radius 2 is 1.92 bits per heavy atom. The number of aliphatic imine (C=N–C) groups is 1. The molecule has 1 aromatic heterocycles. The number of esters is 1. The number of aromatic nitrogens is 2. The standard InChI is InChI=1S/C18H19N3O5/c1-20-15-14(16(22)21(2)18(20)24)12(17(23)26-4)9-13(19-15)10-6-5-7-11(8-10)25-3/h5-8,12H,9H2,1-4H3. The molecule has 3 rings (SSSR count). The highest BCUT2D eigenvalue weighted by molar-refractivity contribution is 6.06. The van der Waals surface area contributed by atoms with Crippen molar-refractivity contribution in [3.05, 3.63) is 56.2 Å². The topological polar surface area (TPSA) is 91.9 Å². The first-order chi connectivity index (χ1) is 12.4. The van der Waals surface area contributed by atoms with Gasteiger partial charge in [-0.25, -0.2) is 9.79 Å². The summed E-state index contributed by atoms with van der Waals surface area (Å²) >= 11 is 0. The summed E-state index contributed by atoms with van der Waals surface area (Å²) in [6, 6.07) is 7.23. The van der Waals surface area contributed by atoms with E-state index < -0.39 is 23.1 Å². The van der Waals surface area contributed by atoms with Gasteiger partial charge in [0.05, 0.1) is 31.4 Å². The van der Waals surface area contributed by atoms with Gasteiger partial charge in [0.2, 0.25) is 0 Å². The number of carbonyl (C=O) groups is 1. The lowest BCUT2D eigenvalue weighted by atomic mass is 9.89. The summed E-state index contributed by atoms with van der Waals surface area (Å²) in [6.07, 6.45) is 0.195. The van der Waals surface area contributed by atoms with Gasteiger partial charge in [-0.15, -0.1) is 0 Å². The van der Waals surface area contributed by atoms with Crippen LogP contribution in [0, 0.1) is 0 Å². The maximum Gasteiger partial charge on any atom is 0.332 e. The van der Waals surface area contributed by atoms with E-state index >= 15 is 0 Å². The highest BCUT2D eigenvalue weighted by Gasteiger charge is 2.35. The Balaban J connectivity index is 2.29. The molecule has 0 fully saturated rings. The number of fused-ring (bicyclic) bond motifs is 1. The third-order valence-electron chi connectivity index (χ3n) is 4.54. The minimum Gasteiger partial charge on any atom is -0.497 e. The zero-order valence-electron chi connectivity index (χ0n) is 15.0. The molecule has 8 nitrogen and oxygen atoms in total. The minimum atomic E-state index is -0.834. The molecule has 1 aliphatic rings. The molecule has 136 valence electrons. The summed E-state index contributed by atoms with van der Waals surface area (Å²) in [5.74, 6) is -0.558. The number of rotatable bonds is 3. The molecule has 2 heterocycles. The summed E-state index contributed by atoms with van der Waals surface area (Å²) in [7, 11) is 5.72. The van der Waals surface area contributed by atoms with Gasteiger partial charge in [0.15, 0.2) is 0 Å². The van der Waals surface area contributed by atoms with Crippen molar-refractivity contribution in [1.82, 2.24) is 9.13 Å². The zero-order valence-corrected chi connectivity index (χ0v) is 15.0. The monoisotopic (exact) mass is 357 g/mol. The van der Waals surface area contributed by atoms with Crippen molar-refractivity contribution in [3.63, 3.8) is 0 Å². The molecule has 1 aliphatic heterocycles. The SMILES string of the molecule is COC(=O)C1CC(c2cccc(OC)c2)=Nc2c1c(=O)n(C)c(=O)n2C. The Kier molecular flexibility index (Phi) is 4.50. The van der Waals surface area contributed by atoms with Crippen LogP contribution in [0.4, 0.5) is 5.82 Å². The highest BCUT2D eigenvalue weighted by Crippen LogP contribution is 2.34. The van der Waals surface area contributed by atoms with E-state index in [4.69, 9.17) is 9.47 Å². The molecular weight excluding hydrogens is 338 g/mol. The van der Waals surface area contributed by atoms with Crippen molar-refractivity contribution in [2.45, 2.75) is 12.3 Å². The minimum absolute atomic E-state index is 0.174. The lowest BCUT2D eigenvalue weighted by Crippen LogP contribution is -2.42. The number of methoxy groups -OCH3 is 2. The molecule has 1 unspecified atom stereocenters. The third-order valence-corrected chi connectivity index (χ3v) is 4.54. The Morgan fingerprint density at radius 3 is 2.58 bits per heavy atom. The number of ether oxygens (including phenoxy) is 2. The van der Waals surface area contributed by atoms with Crippen molar-refractivity contribution in [1.29, 1.82) is 0 Å². The second-order valence-electron chi connectivity index (χ2n) is 6.01. The maximum atomic E-state index is 12.6. The van der Waals surface area contributed by atoms with Crippen LogP contribution in [0.5, 0.6) is 5.75 Å². The van der Waals surface area contributed by atoms with Gasteiger partial charge in [0.25, 0.3) is 5.56 Å². The second-order valence-corrected chi connectivity index (χ2v) is 6.01. The smallest absolute Gasteiger partial charge is 0.332 e. The molecule has 0 aliphatic carbocycles. The zero-order chi connectivity index (χ0) is 19.0. The maximum absolute atomic E-state index is 12.6. The van der Waals surface area contributed by atoms with Crippen LogP contribution >= 0.6 is 0 Å². The summed E-state index contributed by atoms with van der Waals surface area (Å²) in [5, 5.41) is 0. The van der Waals surface area contributed by atoms with Crippen molar-refractivity contribution in [3.8, 4) is 5.75 Å². The van der Waals surface area contributed by atoms with Crippen molar-refractivity contribution >= 4 is 17.5 Å². The summed E-state index contributed by atoms with van der Waals surface area (Å²) in [5.41, 5.74) is 0.458. The molecule has 0 radical (unpaired) electrons. The molecule has 0 amide bonds. The lowest BCUT2D eigenvalue weighted by Gasteiger charge is -2.24. The molecule has 0 bridgehead atoms. The van der Waals surface area contributed by atoms with Crippen LogP contribution in [-0.2, 0) is 23.6 Å². The van der Waals surface area contributed by atoms with Gasteiger partial charge in [-0.1, -0.05) is 12.1 Å². The lowest BCUT2D eigenvalue weighted by molar-refractivity contribution is -0.142. The summed E-state index contributed by atoms with van der Waals surface area (Å²) in [4.78, 5) is 41.8. The number of carbonyl (C=O) groups excluding carboxylic acids is 1. The van der Waals surface area contributed by atoms with E-state index in [9.17, 15) is 14.4 Å². The number of hydrogen-bond acceptors (Lipinski definition) is 6. The quantitative estimate of drug-likeness (QED) is 0.760. The van der Waals surface area contributed by atoms with Gasteiger partial charge in [-0.2, -0.15) is 0 Å². The van der Waals surface area contributed by atoms with Gasteiger partial charge in [0.1, 0.15) is 11.6 Å². The summed E-state index contributed by atoms with van der Waals surface area (Å²) < 4.78 is 12.4. The van der Waals surface area contributed by atoms with E-state index in [1.807, 2.05) is 12.1 Å². The van der Waals surface area contributed by atoms with E-state index in [1.54, 1.807) is 19.2 Å². The van der Waals surface area contributed by atoms with Crippen molar-refractivity contribution in [2.75, 3.05) is 14.2 Å². The average Bonchev–Trinajstić information content (AvgIpc) is 2.68. The van der Waals surface area contributed by atoms with Crippen LogP contribution in [0.3, 0.4) is 0 Å². The third kappa shape index (κ3) is 2.73. The van der Waals surface area contributed by atoms with Crippen LogP contribution < -0.4 is 16.0 Å². The van der Waals surface area contributed by atoms with E-state index in [1.165, 1.54) is 25.8 Å². The fourth-order valence-electron chi connectivity index (χ4n) is 3.10. The van der Waals surface area contributed by atoms with E-state index in [0.717, 1.165) is 10.1 Å². The van der Waals surface area contributed by atoms with Gasteiger partial charge in [-0.05, 0) is 17.7 Å². The van der Waals surface area contributed by atoms with Crippen LogP contribution in [0.25, 0.3) is 0 Å². The molecule has 0 N–H and O–H groups in total. The molecule has 0 saturated heterocycles. The van der Waals surface area contributed by atoms with Crippen molar-refractivity contribution < 1.29 is 14.3 Å². The fraction of sp³-hybridized carbons (Fsp3) is 0.333. The Labute approximate surface area is 149 Å². The molecule has 0 spiro atoms. The Bertz CT molecular complexity index is 1030. The summed E-state index contributed by atoms with van der Waals surface area (Å²) in [6.45, 7) is 0. The van der Waals surface area contributed by atoms with Crippen LogP contribution in [-0.4, -0.2) is 35.0 Å². The van der Waals surface area contributed by atoms with Gasteiger partial charge in [0, 0.05) is 20.5 Å². The van der Waals surface area contributed by atoms with Crippen LogP contribution in [0.15, 0.2) is 38.8 Å². The number of benzene rings is 1. The number of nitrogens with zero attached hydrogens (tertiary/aromatic N) is 3. The number of hydrogen-bond donors (Lipinski definition) is 0.